The molecule has 7 rings (SSSR count). The van der Waals surface area contributed by atoms with E-state index in [0.717, 1.165) is 12.8 Å². The quantitative estimate of drug-likeness (QED) is 0.487. The summed E-state index contributed by atoms with van der Waals surface area (Å²) < 4.78 is 19.2. The van der Waals surface area contributed by atoms with E-state index in [-0.39, 0.29) is 42.8 Å². The number of rotatable bonds is 5. The maximum Gasteiger partial charge on any atom is 0.307 e. The number of ether oxygens (including phenoxy) is 3. The first-order valence-electron chi connectivity index (χ1n) is 14.8. The summed E-state index contributed by atoms with van der Waals surface area (Å²) in [6, 6.07) is 16.5. The number of aliphatic imine (C=N–C) groups is 2. The van der Waals surface area contributed by atoms with E-state index in [0.29, 0.717) is 24.6 Å². The van der Waals surface area contributed by atoms with Crippen LogP contribution in [0.5, 0.6) is 0 Å². The largest absolute Gasteiger partial charge is 0.474 e. The zero-order valence-electron chi connectivity index (χ0n) is 24.5. The van der Waals surface area contributed by atoms with E-state index in [4.69, 9.17) is 24.2 Å². The van der Waals surface area contributed by atoms with Crippen LogP contribution in [0.1, 0.15) is 88.2 Å². The van der Waals surface area contributed by atoms with Crippen molar-refractivity contribution < 1.29 is 24.2 Å². The molecule has 0 saturated carbocycles. The summed E-state index contributed by atoms with van der Waals surface area (Å²) in [4.78, 5) is 23.9. The van der Waals surface area contributed by atoms with Crippen molar-refractivity contribution in [3.63, 3.8) is 0 Å². The van der Waals surface area contributed by atoms with Crippen molar-refractivity contribution in [2.24, 2.45) is 15.4 Å². The predicted octanol–water partition coefficient (Wildman–Crippen LogP) is 5.53. The van der Waals surface area contributed by atoms with Crippen molar-refractivity contribution in [3.05, 3.63) is 70.8 Å². The van der Waals surface area contributed by atoms with Crippen molar-refractivity contribution in [2.75, 3.05) is 0 Å². The third kappa shape index (κ3) is 4.29. The third-order valence-electron chi connectivity index (χ3n) is 9.67. The van der Waals surface area contributed by atoms with Gasteiger partial charge in [-0.15, -0.1) is 0 Å². The van der Waals surface area contributed by atoms with Crippen LogP contribution in [0.4, 0.5) is 0 Å². The number of benzene rings is 2. The van der Waals surface area contributed by atoms with E-state index in [9.17, 15) is 10.0 Å². The lowest BCUT2D eigenvalue weighted by Gasteiger charge is -2.51. The SMILES string of the molecule is CC(CC(=O)OC1CC(C)(C)N(O)C(C)(C)C1)(C1=N[C@H]2c3ccccc3C[C@H]2O1)C1=N[C@H]2c3ccccc3C[C@H]2O1. The van der Waals surface area contributed by atoms with Gasteiger partial charge in [0.25, 0.3) is 0 Å². The molecule has 0 bridgehead atoms. The molecule has 1 N–H and O–H groups in total. The minimum absolute atomic E-state index is 0.00698. The van der Waals surface area contributed by atoms with Crippen LogP contribution in [0.15, 0.2) is 58.5 Å². The second kappa shape index (κ2) is 9.13. The summed E-state index contributed by atoms with van der Waals surface area (Å²) in [5.41, 5.74) is 2.82. The molecule has 41 heavy (non-hydrogen) atoms. The molecular formula is C33H39N3O5. The van der Waals surface area contributed by atoms with Gasteiger partial charge in [-0.2, -0.15) is 5.06 Å². The number of fused-ring (bicyclic) bond motifs is 6. The van der Waals surface area contributed by atoms with E-state index < -0.39 is 16.5 Å². The van der Waals surface area contributed by atoms with Gasteiger partial charge >= 0.3 is 5.97 Å². The molecule has 2 aromatic carbocycles. The molecule has 0 aromatic heterocycles. The molecule has 8 heteroatoms. The number of carbonyl (C=O) groups excluding carboxylic acids is 1. The molecule has 0 amide bonds. The molecular weight excluding hydrogens is 518 g/mol. The normalized spacial score (nSPS) is 29.4. The van der Waals surface area contributed by atoms with E-state index in [1.807, 2.05) is 58.9 Å². The van der Waals surface area contributed by atoms with Crippen molar-refractivity contribution in [1.82, 2.24) is 5.06 Å². The van der Waals surface area contributed by atoms with Gasteiger partial charge in [-0.3, -0.25) is 4.79 Å². The molecule has 3 aliphatic heterocycles. The van der Waals surface area contributed by atoms with Gasteiger partial charge in [-0.1, -0.05) is 48.5 Å². The van der Waals surface area contributed by atoms with Crippen LogP contribution < -0.4 is 0 Å². The Hall–Kier alpha value is -3.23. The Morgan fingerprint density at radius 3 is 1.85 bits per heavy atom. The molecule has 5 aliphatic rings. The molecule has 2 aromatic rings. The van der Waals surface area contributed by atoms with Crippen LogP contribution in [0.25, 0.3) is 0 Å². The number of hydrogen-bond donors (Lipinski definition) is 1. The lowest BCUT2D eigenvalue weighted by molar-refractivity contribution is -0.259. The monoisotopic (exact) mass is 557 g/mol. The molecule has 1 saturated heterocycles. The van der Waals surface area contributed by atoms with Crippen molar-refractivity contribution in [2.45, 2.75) is 108 Å². The van der Waals surface area contributed by atoms with Gasteiger partial charge in [0.1, 0.15) is 35.8 Å². The number of nitrogens with zero attached hydrogens (tertiary/aromatic N) is 3. The van der Waals surface area contributed by atoms with Gasteiger partial charge in [0, 0.05) is 36.8 Å². The standard InChI is InChI=1S/C33H39N3O5/c1-31(2)16-21(17-32(3,4)36(31)38)39-26(37)18-33(5,29-34-27-22-12-8-6-10-19(22)14-24(27)40-29)30-35-28-23-13-9-7-11-20(23)15-25(28)41-30/h6-13,21,24-25,27-28,38H,14-18H2,1-5H3/t24-,25-,27+,28+/m1/s1. The summed E-state index contributed by atoms with van der Waals surface area (Å²) in [6.45, 7) is 9.82. The van der Waals surface area contributed by atoms with Gasteiger partial charge in [-0.25, -0.2) is 9.98 Å². The number of hydrogen-bond acceptors (Lipinski definition) is 8. The Kier molecular flexibility index (Phi) is 5.94. The maximum atomic E-state index is 13.7. The Bertz CT molecular complexity index is 1370. The van der Waals surface area contributed by atoms with E-state index in [1.165, 1.54) is 27.3 Å². The van der Waals surface area contributed by atoms with Crippen LogP contribution in [-0.4, -0.2) is 57.4 Å². The molecule has 0 unspecified atom stereocenters. The minimum atomic E-state index is -1.00. The Balaban J connectivity index is 1.19. The Morgan fingerprint density at radius 2 is 1.37 bits per heavy atom. The molecule has 4 atom stereocenters. The van der Waals surface area contributed by atoms with Crippen molar-refractivity contribution in [3.8, 4) is 0 Å². The predicted molar refractivity (Wildman–Crippen MR) is 154 cm³/mol. The van der Waals surface area contributed by atoms with Gasteiger partial charge < -0.3 is 19.4 Å². The lowest BCUT2D eigenvalue weighted by atomic mass is 9.80. The zero-order valence-corrected chi connectivity index (χ0v) is 24.5. The van der Waals surface area contributed by atoms with Crippen LogP contribution >= 0.6 is 0 Å². The van der Waals surface area contributed by atoms with Crippen LogP contribution in [0, 0.1) is 5.41 Å². The van der Waals surface area contributed by atoms with E-state index in [1.54, 1.807) is 0 Å². The Labute approximate surface area is 241 Å². The molecule has 0 spiro atoms. The topological polar surface area (TPSA) is 93.0 Å². The van der Waals surface area contributed by atoms with Gasteiger partial charge in [0.05, 0.1) is 6.42 Å². The number of esters is 1. The first-order chi connectivity index (χ1) is 19.4. The number of hydroxylamine groups is 2. The third-order valence-corrected chi connectivity index (χ3v) is 9.67. The first kappa shape index (κ1) is 26.7. The first-order valence-corrected chi connectivity index (χ1v) is 14.8. The van der Waals surface area contributed by atoms with Gasteiger partial charge in [0.2, 0.25) is 11.8 Å². The fourth-order valence-corrected chi connectivity index (χ4v) is 7.76. The number of piperidine rings is 1. The summed E-state index contributed by atoms with van der Waals surface area (Å²) in [7, 11) is 0. The fourth-order valence-electron chi connectivity index (χ4n) is 7.76. The Morgan fingerprint density at radius 1 is 0.902 bits per heavy atom. The number of carbonyl (C=O) groups is 1. The summed E-state index contributed by atoms with van der Waals surface area (Å²) in [6.07, 6.45) is 2.11. The smallest absolute Gasteiger partial charge is 0.307 e. The van der Waals surface area contributed by atoms with E-state index >= 15 is 0 Å². The van der Waals surface area contributed by atoms with Crippen molar-refractivity contribution >= 4 is 17.8 Å². The lowest BCUT2D eigenvalue weighted by Crippen LogP contribution is -2.60. The summed E-state index contributed by atoms with van der Waals surface area (Å²) in [5, 5.41) is 12.1. The van der Waals surface area contributed by atoms with Crippen molar-refractivity contribution in [1.29, 1.82) is 0 Å². The highest BCUT2D eigenvalue weighted by Gasteiger charge is 2.54. The molecule has 3 heterocycles. The second-order valence-corrected chi connectivity index (χ2v) is 13.8. The average Bonchev–Trinajstić information content (AvgIpc) is 3.65. The molecule has 216 valence electrons. The average molecular weight is 558 g/mol. The van der Waals surface area contributed by atoms with Gasteiger partial charge in [-0.05, 0) is 56.9 Å². The van der Waals surface area contributed by atoms with E-state index in [2.05, 4.69) is 24.3 Å². The minimum Gasteiger partial charge on any atom is -0.474 e. The second-order valence-electron chi connectivity index (χ2n) is 13.8. The van der Waals surface area contributed by atoms with Crippen LogP contribution in [0.2, 0.25) is 0 Å². The molecule has 1 fully saturated rings. The maximum absolute atomic E-state index is 13.7. The molecule has 0 radical (unpaired) electrons. The highest BCUT2D eigenvalue weighted by atomic mass is 16.6. The van der Waals surface area contributed by atoms with Crippen LogP contribution in [-0.2, 0) is 31.8 Å². The van der Waals surface area contributed by atoms with Gasteiger partial charge in [0.15, 0.2) is 0 Å². The zero-order chi connectivity index (χ0) is 28.7. The molecule has 2 aliphatic carbocycles. The molecule has 8 nitrogen and oxygen atoms in total. The summed E-state index contributed by atoms with van der Waals surface area (Å²) >= 11 is 0. The highest BCUT2D eigenvalue weighted by Crippen LogP contribution is 2.48. The highest BCUT2D eigenvalue weighted by molar-refractivity contribution is 6.08. The van der Waals surface area contributed by atoms with Crippen LogP contribution in [0.3, 0.4) is 0 Å². The fraction of sp³-hybridized carbons (Fsp3) is 0.545. The summed E-state index contributed by atoms with van der Waals surface area (Å²) in [5.74, 6) is 0.650.